The average molecular weight is 409 g/mol. The molecule has 9 heteroatoms. The smallest absolute Gasteiger partial charge is 0.263 e. The lowest BCUT2D eigenvalue weighted by Crippen LogP contribution is -2.22. The van der Waals surface area contributed by atoms with Gasteiger partial charge >= 0.3 is 0 Å². The molecule has 0 unspecified atom stereocenters. The summed E-state index contributed by atoms with van der Waals surface area (Å²) in [7, 11) is 0. The third kappa shape index (κ3) is 3.52. The van der Waals surface area contributed by atoms with Gasteiger partial charge in [0.1, 0.15) is 5.82 Å². The summed E-state index contributed by atoms with van der Waals surface area (Å²) in [6.07, 6.45) is 1.61. The number of nitrogens with one attached hydrogen (secondary N) is 1. The van der Waals surface area contributed by atoms with E-state index in [2.05, 4.69) is 22.1 Å². The van der Waals surface area contributed by atoms with Crippen LogP contribution in [-0.2, 0) is 11.3 Å². The van der Waals surface area contributed by atoms with Crippen LogP contribution < -0.4 is 10.9 Å². The Morgan fingerprint density at radius 2 is 1.93 bits per heavy atom. The van der Waals surface area contributed by atoms with Gasteiger partial charge in [-0.05, 0) is 24.3 Å². The predicted molar refractivity (Wildman–Crippen MR) is 111 cm³/mol. The topological polar surface area (TPSA) is 81.3 Å². The number of thioether (sulfide) groups is 1. The molecule has 0 aliphatic carbocycles. The Labute approximate surface area is 168 Å². The molecule has 2 aromatic carbocycles. The van der Waals surface area contributed by atoms with Gasteiger partial charge in [-0.3, -0.25) is 18.6 Å². The Hall–Kier alpha value is -3.46. The van der Waals surface area contributed by atoms with Crippen molar-refractivity contribution in [3.8, 4) is 0 Å². The minimum Gasteiger partial charge on any atom is -0.323 e. The highest BCUT2D eigenvalue weighted by molar-refractivity contribution is 7.99. The molecular weight excluding hydrogens is 393 g/mol. The first kappa shape index (κ1) is 18.9. The number of allylic oxidation sites excluding steroid dienone is 1. The summed E-state index contributed by atoms with van der Waals surface area (Å²) in [4.78, 5) is 25.0. The van der Waals surface area contributed by atoms with Crippen LogP contribution in [0.2, 0.25) is 0 Å². The number of carbonyl (C=O) groups excluding carboxylic acids is 1. The zero-order chi connectivity index (χ0) is 20.4. The van der Waals surface area contributed by atoms with Crippen LogP contribution in [0.1, 0.15) is 0 Å². The lowest BCUT2D eigenvalue weighted by Gasteiger charge is -2.09. The highest BCUT2D eigenvalue weighted by Gasteiger charge is 2.17. The first-order valence-electron chi connectivity index (χ1n) is 8.75. The first-order chi connectivity index (χ1) is 14.1. The van der Waals surface area contributed by atoms with Gasteiger partial charge in [-0.25, -0.2) is 4.39 Å². The van der Waals surface area contributed by atoms with Crippen LogP contribution in [0, 0.1) is 5.82 Å². The number of para-hydroxylation sites is 2. The fourth-order valence-corrected chi connectivity index (χ4v) is 3.74. The Kier molecular flexibility index (Phi) is 5.13. The van der Waals surface area contributed by atoms with Crippen LogP contribution >= 0.6 is 11.8 Å². The van der Waals surface area contributed by atoms with Crippen molar-refractivity contribution in [3.63, 3.8) is 0 Å². The van der Waals surface area contributed by atoms with Gasteiger partial charge < -0.3 is 5.32 Å². The minimum absolute atomic E-state index is 0.00401. The molecule has 7 nitrogen and oxygen atoms in total. The molecule has 2 aromatic heterocycles. The maximum absolute atomic E-state index is 13.7. The van der Waals surface area contributed by atoms with Crippen molar-refractivity contribution in [2.24, 2.45) is 0 Å². The fraction of sp³-hybridized carbons (Fsp3) is 0.100. The van der Waals surface area contributed by atoms with Crippen LogP contribution in [0.3, 0.4) is 0 Å². The SMILES string of the molecule is C=CCn1c(=O)c2ccccc2n2c(SCC(=O)Nc3ccccc3F)nnc12. The molecule has 29 heavy (non-hydrogen) atoms. The normalized spacial score (nSPS) is 11.1. The van der Waals surface area contributed by atoms with Gasteiger partial charge in [0.05, 0.1) is 22.3 Å². The molecule has 0 spiro atoms. The van der Waals surface area contributed by atoms with Crippen molar-refractivity contribution >= 4 is 40.0 Å². The maximum Gasteiger partial charge on any atom is 0.263 e. The molecule has 0 radical (unpaired) electrons. The van der Waals surface area contributed by atoms with Gasteiger partial charge in [-0.15, -0.1) is 16.8 Å². The molecule has 0 bridgehead atoms. The van der Waals surface area contributed by atoms with Crippen molar-refractivity contribution in [1.29, 1.82) is 0 Å². The molecule has 146 valence electrons. The zero-order valence-electron chi connectivity index (χ0n) is 15.2. The summed E-state index contributed by atoms with van der Waals surface area (Å²) >= 11 is 1.15. The summed E-state index contributed by atoms with van der Waals surface area (Å²) in [5.74, 6) is -0.506. The first-order valence-corrected chi connectivity index (χ1v) is 9.73. The number of nitrogens with zero attached hydrogens (tertiary/aromatic N) is 4. The zero-order valence-corrected chi connectivity index (χ0v) is 16.0. The Morgan fingerprint density at radius 1 is 1.17 bits per heavy atom. The number of halogens is 1. The van der Waals surface area contributed by atoms with E-state index in [1.807, 2.05) is 6.07 Å². The highest BCUT2D eigenvalue weighted by Crippen LogP contribution is 2.22. The Morgan fingerprint density at radius 3 is 2.72 bits per heavy atom. The number of benzene rings is 2. The van der Waals surface area contributed by atoms with E-state index in [0.717, 1.165) is 11.8 Å². The molecule has 4 aromatic rings. The van der Waals surface area contributed by atoms with Crippen LogP contribution in [0.5, 0.6) is 0 Å². The molecule has 0 aliphatic rings. The summed E-state index contributed by atoms with van der Waals surface area (Å²) in [5.41, 5.74) is 0.582. The lowest BCUT2D eigenvalue weighted by atomic mass is 10.2. The Bertz CT molecular complexity index is 1300. The molecule has 0 saturated carbocycles. The quantitative estimate of drug-likeness (QED) is 0.391. The summed E-state index contributed by atoms with van der Waals surface area (Å²) in [6.45, 7) is 3.97. The van der Waals surface area contributed by atoms with Crippen LogP contribution in [-0.4, -0.2) is 30.8 Å². The third-order valence-corrected chi connectivity index (χ3v) is 5.20. The van der Waals surface area contributed by atoms with Gasteiger partial charge in [0.2, 0.25) is 11.7 Å². The van der Waals surface area contributed by atoms with Crippen molar-refractivity contribution < 1.29 is 9.18 Å². The molecule has 4 rings (SSSR count). The van der Waals surface area contributed by atoms with E-state index in [4.69, 9.17) is 0 Å². The molecule has 0 fully saturated rings. The molecule has 0 atom stereocenters. The van der Waals surface area contributed by atoms with Crippen LogP contribution in [0.4, 0.5) is 10.1 Å². The molecule has 0 aliphatic heterocycles. The number of amides is 1. The number of rotatable bonds is 6. The van der Waals surface area contributed by atoms with Crippen molar-refractivity contribution in [1.82, 2.24) is 19.2 Å². The third-order valence-electron chi connectivity index (χ3n) is 4.27. The number of carbonyl (C=O) groups is 1. The predicted octanol–water partition coefficient (Wildman–Crippen LogP) is 3.10. The molecule has 1 N–H and O–H groups in total. The van der Waals surface area contributed by atoms with Crippen molar-refractivity contribution in [2.45, 2.75) is 11.7 Å². The maximum atomic E-state index is 13.7. The minimum atomic E-state index is -0.502. The van der Waals surface area contributed by atoms with E-state index < -0.39 is 5.82 Å². The van der Waals surface area contributed by atoms with E-state index >= 15 is 0 Å². The standard InChI is InChI=1S/C20H16FN5O2S/c1-2-11-25-18(28)13-7-3-6-10-16(13)26-19(25)23-24-20(26)29-12-17(27)22-15-9-5-4-8-14(15)21/h2-10H,1,11-12H2,(H,22,27). The second kappa shape index (κ2) is 7.88. The second-order valence-electron chi connectivity index (χ2n) is 6.16. The van der Waals surface area contributed by atoms with E-state index in [0.29, 0.717) is 21.8 Å². The number of hydrogen-bond acceptors (Lipinski definition) is 5. The monoisotopic (exact) mass is 409 g/mol. The van der Waals surface area contributed by atoms with Crippen molar-refractivity contribution in [3.05, 3.63) is 77.4 Å². The summed E-state index contributed by atoms with van der Waals surface area (Å²) in [5, 5.41) is 11.8. The van der Waals surface area contributed by atoms with Crippen LogP contribution in [0.15, 0.2) is 71.1 Å². The van der Waals surface area contributed by atoms with E-state index in [9.17, 15) is 14.0 Å². The highest BCUT2D eigenvalue weighted by atomic mass is 32.2. The second-order valence-corrected chi connectivity index (χ2v) is 7.10. The fourth-order valence-electron chi connectivity index (χ4n) is 3.00. The van der Waals surface area contributed by atoms with Crippen molar-refractivity contribution in [2.75, 3.05) is 11.1 Å². The number of aromatic nitrogens is 4. The number of hydrogen-bond donors (Lipinski definition) is 1. The molecule has 0 saturated heterocycles. The van der Waals surface area contributed by atoms with Gasteiger partial charge in [0, 0.05) is 6.54 Å². The summed E-state index contributed by atoms with van der Waals surface area (Å²) in [6, 6.07) is 13.1. The molecule has 2 heterocycles. The lowest BCUT2D eigenvalue weighted by molar-refractivity contribution is -0.113. The number of fused-ring (bicyclic) bond motifs is 3. The Balaban J connectivity index is 1.68. The van der Waals surface area contributed by atoms with E-state index in [1.165, 1.54) is 16.7 Å². The molecule has 1 amide bonds. The van der Waals surface area contributed by atoms with Crippen LogP contribution in [0.25, 0.3) is 16.7 Å². The molecular formula is C20H16FN5O2S. The van der Waals surface area contributed by atoms with Gasteiger partial charge in [0.15, 0.2) is 5.16 Å². The van der Waals surface area contributed by atoms with Gasteiger partial charge in [-0.2, -0.15) is 0 Å². The largest absolute Gasteiger partial charge is 0.323 e. The van der Waals surface area contributed by atoms with E-state index in [1.54, 1.807) is 40.8 Å². The average Bonchev–Trinajstić information content (AvgIpc) is 3.15. The van der Waals surface area contributed by atoms with E-state index in [-0.39, 0.29) is 29.5 Å². The number of anilines is 1. The van der Waals surface area contributed by atoms with Gasteiger partial charge in [-0.1, -0.05) is 42.1 Å². The van der Waals surface area contributed by atoms with Gasteiger partial charge in [0.25, 0.3) is 5.56 Å². The summed E-state index contributed by atoms with van der Waals surface area (Å²) < 4.78 is 16.9.